The molecule has 0 unspecified atom stereocenters. The summed E-state index contributed by atoms with van der Waals surface area (Å²) >= 11 is 0. The number of rotatable bonds is 8. The fourth-order valence-electron chi connectivity index (χ4n) is 5.18. The van der Waals surface area contributed by atoms with Crippen LogP contribution in [0.4, 0.5) is 11.4 Å². The summed E-state index contributed by atoms with van der Waals surface area (Å²) < 4.78 is 0. The predicted molar refractivity (Wildman–Crippen MR) is 171 cm³/mol. The Morgan fingerprint density at radius 1 is 0.487 bits per heavy atom. The Hall–Kier alpha value is -3.07. The number of aryl methyl sites for hydroxylation is 3. The van der Waals surface area contributed by atoms with Crippen molar-refractivity contribution in [3.63, 3.8) is 0 Å². The molecule has 0 fully saturated rings. The molecule has 0 bridgehead atoms. The van der Waals surface area contributed by atoms with E-state index in [2.05, 4.69) is 126 Å². The van der Waals surface area contributed by atoms with Gasteiger partial charge in [-0.05, 0) is 98.2 Å². The molecule has 0 aliphatic carbocycles. The minimum absolute atomic E-state index is 0.393. The highest BCUT2D eigenvalue weighted by Crippen LogP contribution is 2.38. The van der Waals surface area contributed by atoms with Crippen LogP contribution in [0.5, 0.6) is 0 Å². The molecule has 3 aromatic rings. The topological polar surface area (TPSA) is 37.6 Å². The first-order valence-corrected chi connectivity index (χ1v) is 14.6. The van der Waals surface area contributed by atoms with Crippen LogP contribution in [0.1, 0.15) is 143 Å². The van der Waals surface area contributed by atoms with E-state index in [-0.39, 0.29) is 0 Å². The molecule has 39 heavy (non-hydrogen) atoms. The molecule has 3 heteroatoms. The van der Waals surface area contributed by atoms with Crippen LogP contribution in [0.25, 0.3) is 0 Å². The summed E-state index contributed by atoms with van der Waals surface area (Å²) in [5.74, 6) is 1.57. The summed E-state index contributed by atoms with van der Waals surface area (Å²) in [6.07, 6.45) is 0. The van der Waals surface area contributed by atoms with E-state index in [9.17, 15) is 0 Å². The molecular formula is C36H49N3. The minimum atomic E-state index is 0.393. The average Bonchev–Trinajstić information content (AvgIpc) is 2.84. The van der Waals surface area contributed by atoms with Gasteiger partial charge in [0.25, 0.3) is 0 Å². The van der Waals surface area contributed by atoms with Gasteiger partial charge in [0.15, 0.2) is 0 Å². The van der Waals surface area contributed by atoms with Crippen molar-refractivity contribution in [2.45, 2.75) is 114 Å². The molecule has 0 N–H and O–H groups in total. The summed E-state index contributed by atoms with van der Waals surface area (Å²) in [4.78, 5) is 15.6. The van der Waals surface area contributed by atoms with Gasteiger partial charge in [-0.1, -0.05) is 90.8 Å². The monoisotopic (exact) mass is 523 g/mol. The standard InChI is InChI=1S/C36H49N3/c1-20(2)29-14-24(9)15-30(21(3)4)35(29)37-27(12)33-18-26(11)19-34(39-33)28(13)38-36-31(22(5)6)16-25(10)17-32(36)23(7)8/h14-23H,1-13H3. The van der Waals surface area contributed by atoms with E-state index < -0.39 is 0 Å². The normalized spacial score (nSPS) is 12.9. The molecule has 0 radical (unpaired) electrons. The fraction of sp³-hybridized carbons (Fsp3) is 0.472. The maximum Gasteiger partial charge on any atom is 0.0852 e. The van der Waals surface area contributed by atoms with Gasteiger partial charge in [-0.3, -0.25) is 9.98 Å². The Bertz CT molecular complexity index is 1240. The van der Waals surface area contributed by atoms with Crippen molar-refractivity contribution >= 4 is 22.8 Å². The molecule has 0 aliphatic heterocycles. The Morgan fingerprint density at radius 3 is 1.00 bits per heavy atom. The highest BCUT2D eigenvalue weighted by molar-refractivity contribution is 6.03. The van der Waals surface area contributed by atoms with Crippen molar-refractivity contribution < 1.29 is 0 Å². The molecule has 3 rings (SSSR count). The number of nitrogens with zero attached hydrogens (tertiary/aromatic N) is 3. The van der Waals surface area contributed by atoms with Crippen LogP contribution in [0.3, 0.4) is 0 Å². The van der Waals surface area contributed by atoms with E-state index in [0.717, 1.165) is 39.7 Å². The predicted octanol–water partition coefficient (Wildman–Crippen LogP) is 10.8. The molecule has 1 heterocycles. The summed E-state index contributed by atoms with van der Waals surface area (Å²) in [6, 6.07) is 13.4. The van der Waals surface area contributed by atoms with E-state index in [1.807, 2.05) is 0 Å². The highest BCUT2D eigenvalue weighted by Gasteiger charge is 2.18. The first kappa shape index (κ1) is 30.5. The van der Waals surface area contributed by atoms with Crippen molar-refractivity contribution in [3.8, 4) is 0 Å². The fourth-order valence-corrected chi connectivity index (χ4v) is 5.18. The molecule has 0 amide bonds. The molecule has 0 aliphatic rings. The first-order valence-electron chi connectivity index (χ1n) is 14.6. The Morgan fingerprint density at radius 2 is 0.744 bits per heavy atom. The Kier molecular flexibility index (Phi) is 9.69. The lowest BCUT2D eigenvalue weighted by molar-refractivity contribution is 0.831. The summed E-state index contributed by atoms with van der Waals surface area (Å²) in [5, 5.41) is 0. The number of hydrogen-bond donors (Lipinski definition) is 0. The second kappa shape index (κ2) is 12.4. The maximum atomic E-state index is 5.24. The van der Waals surface area contributed by atoms with Crippen LogP contribution < -0.4 is 0 Å². The third kappa shape index (κ3) is 7.12. The zero-order valence-electron chi connectivity index (χ0n) is 26.6. The Labute approximate surface area is 237 Å². The van der Waals surface area contributed by atoms with Crippen LogP contribution in [-0.4, -0.2) is 16.4 Å². The van der Waals surface area contributed by atoms with Gasteiger partial charge in [0.05, 0.1) is 34.2 Å². The minimum Gasteiger partial charge on any atom is -0.251 e. The quantitative estimate of drug-likeness (QED) is 0.271. The van der Waals surface area contributed by atoms with E-state index >= 15 is 0 Å². The second-order valence-electron chi connectivity index (χ2n) is 12.5. The second-order valence-corrected chi connectivity index (χ2v) is 12.5. The van der Waals surface area contributed by atoms with Gasteiger partial charge in [-0.2, -0.15) is 0 Å². The summed E-state index contributed by atoms with van der Waals surface area (Å²) in [6.45, 7) is 28.6. The Balaban J connectivity index is 2.17. The first-order chi connectivity index (χ1) is 18.2. The number of pyridine rings is 1. The van der Waals surface area contributed by atoms with Crippen molar-refractivity contribution in [3.05, 3.63) is 86.7 Å². The van der Waals surface area contributed by atoms with Crippen LogP contribution in [-0.2, 0) is 0 Å². The molecule has 1 aromatic heterocycles. The largest absolute Gasteiger partial charge is 0.251 e. The summed E-state index contributed by atoms with van der Waals surface area (Å²) in [7, 11) is 0. The van der Waals surface area contributed by atoms with Gasteiger partial charge in [0.1, 0.15) is 0 Å². The molecular weight excluding hydrogens is 474 g/mol. The van der Waals surface area contributed by atoms with Gasteiger partial charge in [0, 0.05) is 0 Å². The lowest BCUT2D eigenvalue weighted by Crippen LogP contribution is -2.08. The van der Waals surface area contributed by atoms with Crippen molar-refractivity contribution in [2.24, 2.45) is 9.98 Å². The maximum absolute atomic E-state index is 5.24. The van der Waals surface area contributed by atoms with Gasteiger partial charge in [0.2, 0.25) is 0 Å². The van der Waals surface area contributed by atoms with Crippen molar-refractivity contribution in [2.75, 3.05) is 0 Å². The van der Waals surface area contributed by atoms with Crippen LogP contribution in [0.15, 0.2) is 46.4 Å². The molecule has 208 valence electrons. The molecule has 0 spiro atoms. The van der Waals surface area contributed by atoms with Gasteiger partial charge >= 0.3 is 0 Å². The van der Waals surface area contributed by atoms with E-state index in [0.29, 0.717) is 23.7 Å². The number of aromatic nitrogens is 1. The van der Waals surface area contributed by atoms with E-state index in [4.69, 9.17) is 15.0 Å². The lowest BCUT2D eigenvalue weighted by Gasteiger charge is -2.19. The van der Waals surface area contributed by atoms with Crippen LogP contribution in [0, 0.1) is 20.8 Å². The highest BCUT2D eigenvalue weighted by atomic mass is 14.8. The summed E-state index contributed by atoms with van der Waals surface area (Å²) in [5.41, 5.74) is 14.8. The smallest absolute Gasteiger partial charge is 0.0852 e. The van der Waals surface area contributed by atoms with Crippen LogP contribution in [0.2, 0.25) is 0 Å². The van der Waals surface area contributed by atoms with Gasteiger partial charge in [-0.15, -0.1) is 0 Å². The van der Waals surface area contributed by atoms with E-state index in [1.54, 1.807) is 0 Å². The molecule has 0 atom stereocenters. The third-order valence-corrected chi connectivity index (χ3v) is 7.38. The van der Waals surface area contributed by atoms with Gasteiger partial charge in [-0.25, -0.2) is 4.98 Å². The molecule has 3 nitrogen and oxygen atoms in total. The molecule has 0 saturated heterocycles. The zero-order chi connectivity index (χ0) is 29.2. The zero-order valence-corrected chi connectivity index (χ0v) is 26.6. The van der Waals surface area contributed by atoms with Crippen molar-refractivity contribution in [1.82, 2.24) is 4.98 Å². The molecule has 0 saturated carbocycles. The number of benzene rings is 2. The number of aliphatic imine (C=N–C) groups is 2. The lowest BCUT2D eigenvalue weighted by atomic mass is 9.90. The van der Waals surface area contributed by atoms with Crippen molar-refractivity contribution in [1.29, 1.82) is 0 Å². The van der Waals surface area contributed by atoms with Crippen LogP contribution >= 0.6 is 0 Å². The molecule has 2 aromatic carbocycles. The average molecular weight is 524 g/mol. The van der Waals surface area contributed by atoms with E-state index in [1.165, 1.54) is 33.4 Å². The SMILES string of the molecule is CC(=Nc1c(C(C)C)cc(C)cc1C(C)C)c1cc(C)cc(C(C)=Nc2c(C(C)C)cc(C)cc2C(C)C)n1. The number of hydrogen-bond acceptors (Lipinski definition) is 3. The van der Waals surface area contributed by atoms with Gasteiger partial charge < -0.3 is 0 Å². The third-order valence-electron chi connectivity index (χ3n) is 7.38.